The van der Waals surface area contributed by atoms with E-state index in [1.165, 1.54) is 6.20 Å². The summed E-state index contributed by atoms with van der Waals surface area (Å²) in [6.07, 6.45) is 5.11. The van der Waals surface area contributed by atoms with Gasteiger partial charge >= 0.3 is 0 Å². The number of H-pyrrole nitrogens is 1. The van der Waals surface area contributed by atoms with Crippen molar-refractivity contribution in [2.24, 2.45) is 5.73 Å². The molecule has 0 radical (unpaired) electrons. The van der Waals surface area contributed by atoms with Gasteiger partial charge in [-0.25, -0.2) is 4.98 Å². The van der Waals surface area contributed by atoms with Gasteiger partial charge < -0.3 is 11.1 Å². The molecule has 0 saturated carbocycles. The van der Waals surface area contributed by atoms with Crippen LogP contribution in [0.25, 0.3) is 16.7 Å². The highest BCUT2D eigenvalue weighted by atomic mass is 35.5. The number of aryl methyl sites for hydroxylation is 1. The van der Waals surface area contributed by atoms with Crippen LogP contribution in [-0.4, -0.2) is 25.7 Å². The first-order chi connectivity index (χ1) is 15.4. The van der Waals surface area contributed by atoms with E-state index in [0.29, 0.717) is 10.0 Å². The molecule has 3 heterocycles. The van der Waals surface area contributed by atoms with Gasteiger partial charge in [0.05, 0.1) is 16.2 Å². The van der Waals surface area contributed by atoms with Crippen molar-refractivity contribution in [3.63, 3.8) is 0 Å². The molecule has 3 aromatic heterocycles. The number of nitrogens with zero attached hydrogens (tertiary/aromatic N) is 3. The Balaban J connectivity index is 1.71. The number of primary amides is 1. The van der Waals surface area contributed by atoms with E-state index in [4.69, 9.17) is 33.9 Å². The third kappa shape index (κ3) is 3.51. The number of halogens is 2. The number of pyridine rings is 2. The number of rotatable bonds is 4. The Morgan fingerprint density at radius 2 is 1.88 bits per heavy atom. The lowest BCUT2D eigenvalue weighted by atomic mass is 9.92. The maximum absolute atomic E-state index is 13.3. The molecule has 1 aliphatic rings. The highest BCUT2D eigenvalue weighted by Gasteiger charge is 2.24. The minimum absolute atomic E-state index is 0.0458. The third-order valence-electron chi connectivity index (χ3n) is 5.55. The summed E-state index contributed by atoms with van der Waals surface area (Å²) in [4.78, 5) is 34.4. The Kier molecular flexibility index (Phi) is 5.11. The van der Waals surface area contributed by atoms with Crippen LogP contribution in [0.1, 0.15) is 34.6 Å². The molecule has 1 amide bonds. The molecule has 0 spiro atoms. The molecule has 4 aromatic rings. The zero-order chi connectivity index (χ0) is 22.4. The molecule has 162 valence electrons. The number of anilines is 2. The molecule has 32 heavy (non-hydrogen) atoms. The summed E-state index contributed by atoms with van der Waals surface area (Å²) >= 11 is 12.1. The Morgan fingerprint density at radius 1 is 1.09 bits per heavy atom. The number of nitrogens with two attached hydrogens (primary N) is 1. The fourth-order valence-electron chi connectivity index (χ4n) is 4.06. The fourth-order valence-corrected chi connectivity index (χ4v) is 4.34. The molecule has 5 rings (SSSR count). The number of amides is 1. The summed E-state index contributed by atoms with van der Waals surface area (Å²) in [5.74, 6) is -0.490. The minimum atomic E-state index is -0.771. The van der Waals surface area contributed by atoms with Gasteiger partial charge in [-0.05, 0) is 61.6 Å². The summed E-state index contributed by atoms with van der Waals surface area (Å²) < 4.78 is 1.16. The van der Waals surface area contributed by atoms with Crippen LogP contribution in [0, 0.1) is 0 Å². The summed E-state index contributed by atoms with van der Waals surface area (Å²) in [6.45, 7) is 0. The van der Waals surface area contributed by atoms with Crippen LogP contribution in [0.15, 0.2) is 41.3 Å². The van der Waals surface area contributed by atoms with Gasteiger partial charge in [-0.1, -0.05) is 23.2 Å². The van der Waals surface area contributed by atoms with Crippen molar-refractivity contribution in [2.75, 3.05) is 5.32 Å². The van der Waals surface area contributed by atoms with Crippen LogP contribution in [0.5, 0.6) is 0 Å². The molecule has 0 unspecified atom stereocenters. The van der Waals surface area contributed by atoms with E-state index in [2.05, 4.69) is 15.4 Å². The summed E-state index contributed by atoms with van der Waals surface area (Å²) in [5.41, 5.74) is 8.54. The first kappa shape index (κ1) is 20.5. The third-order valence-corrected chi connectivity index (χ3v) is 6.01. The molecule has 0 aliphatic heterocycles. The van der Waals surface area contributed by atoms with E-state index in [0.717, 1.165) is 58.2 Å². The van der Waals surface area contributed by atoms with Crippen molar-refractivity contribution < 1.29 is 4.79 Å². The number of carbonyl (C=O) groups excluding carboxylic acids is 1. The van der Waals surface area contributed by atoms with Gasteiger partial charge in [0.1, 0.15) is 11.4 Å². The normalized spacial score (nSPS) is 13.2. The van der Waals surface area contributed by atoms with Crippen LogP contribution >= 0.6 is 23.2 Å². The molecule has 1 aromatic carbocycles. The van der Waals surface area contributed by atoms with E-state index in [1.54, 1.807) is 24.3 Å². The van der Waals surface area contributed by atoms with Crippen molar-refractivity contribution in [3.05, 3.63) is 73.9 Å². The van der Waals surface area contributed by atoms with E-state index >= 15 is 0 Å². The number of aromatic amines is 1. The highest BCUT2D eigenvalue weighted by Crippen LogP contribution is 2.36. The second-order valence-corrected chi connectivity index (χ2v) is 8.48. The largest absolute Gasteiger partial charge is 0.364 e. The molecule has 0 saturated heterocycles. The van der Waals surface area contributed by atoms with E-state index < -0.39 is 11.5 Å². The molecule has 0 fully saturated rings. The van der Waals surface area contributed by atoms with Crippen molar-refractivity contribution in [1.82, 2.24) is 19.7 Å². The van der Waals surface area contributed by atoms with Crippen molar-refractivity contribution >= 4 is 51.4 Å². The first-order valence-electron chi connectivity index (χ1n) is 10.1. The molecule has 8 nitrogen and oxygen atoms in total. The maximum atomic E-state index is 13.3. The average molecular weight is 469 g/mol. The lowest BCUT2D eigenvalue weighted by Gasteiger charge is -2.21. The number of benzene rings is 1. The highest BCUT2D eigenvalue weighted by molar-refractivity contribution is 6.31. The first-order valence-corrected chi connectivity index (χ1v) is 10.8. The van der Waals surface area contributed by atoms with Gasteiger partial charge in [-0.15, -0.1) is 0 Å². The standard InChI is InChI=1S/C22H18Cl2N6O2/c23-11-5-7-14-16(9-11)27-15-4-2-1-3-13(15)18(14)28-20-19(21(25)31)29-30(22(20)32)17-8-6-12(24)10-26-17/h5-10,29H,1-4H2,(H2,25,31)(H,27,28). The second-order valence-electron chi connectivity index (χ2n) is 7.61. The number of fused-ring (bicyclic) bond motifs is 2. The Labute approximate surface area is 192 Å². The second kappa shape index (κ2) is 7.96. The lowest BCUT2D eigenvalue weighted by Crippen LogP contribution is -2.19. The molecular weight excluding hydrogens is 451 g/mol. The number of nitrogens with one attached hydrogen (secondary N) is 2. The topological polar surface area (TPSA) is 119 Å². The Hall–Kier alpha value is -3.36. The fraction of sp³-hybridized carbons (Fsp3) is 0.182. The monoisotopic (exact) mass is 468 g/mol. The minimum Gasteiger partial charge on any atom is -0.364 e. The van der Waals surface area contributed by atoms with Crippen molar-refractivity contribution in [1.29, 1.82) is 0 Å². The van der Waals surface area contributed by atoms with Crippen LogP contribution in [0.4, 0.5) is 11.4 Å². The van der Waals surface area contributed by atoms with Crippen LogP contribution < -0.4 is 16.6 Å². The van der Waals surface area contributed by atoms with Crippen molar-refractivity contribution in [3.8, 4) is 5.82 Å². The van der Waals surface area contributed by atoms with E-state index in [1.807, 2.05) is 6.07 Å². The molecule has 10 heteroatoms. The Bertz CT molecular complexity index is 1430. The van der Waals surface area contributed by atoms with Crippen molar-refractivity contribution in [2.45, 2.75) is 25.7 Å². The number of aromatic nitrogens is 4. The molecule has 0 bridgehead atoms. The van der Waals surface area contributed by atoms with Gasteiger partial charge in [0.2, 0.25) is 0 Å². The van der Waals surface area contributed by atoms with Gasteiger partial charge in [0, 0.05) is 22.3 Å². The molecule has 0 atom stereocenters. The smallest absolute Gasteiger partial charge is 0.297 e. The van der Waals surface area contributed by atoms with Crippen LogP contribution in [-0.2, 0) is 12.8 Å². The molecule has 1 aliphatic carbocycles. The van der Waals surface area contributed by atoms with E-state index in [9.17, 15) is 9.59 Å². The summed E-state index contributed by atoms with van der Waals surface area (Å²) in [6, 6.07) is 8.59. The summed E-state index contributed by atoms with van der Waals surface area (Å²) in [5, 5.41) is 7.79. The Morgan fingerprint density at radius 3 is 2.62 bits per heavy atom. The van der Waals surface area contributed by atoms with Gasteiger partial charge in [-0.3, -0.25) is 19.7 Å². The van der Waals surface area contributed by atoms with Gasteiger partial charge in [0.15, 0.2) is 5.82 Å². The number of carbonyl (C=O) groups is 1. The zero-order valence-corrected chi connectivity index (χ0v) is 18.3. The number of hydrogen-bond donors (Lipinski definition) is 3. The number of hydrogen-bond acceptors (Lipinski definition) is 5. The zero-order valence-electron chi connectivity index (χ0n) is 16.8. The SMILES string of the molecule is NC(=O)c1[nH]n(-c2ccc(Cl)cn2)c(=O)c1Nc1c2c(nc3cc(Cl)ccc13)CCCC2. The predicted octanol–water partition coefficient (Wildman–Crippen LogP) is 4.14. The lowest BCUT2D eigenvalue weighted by molar-refractivity contribution is 0.0996. The van der Waals surface area contributed by atoms with Crippen LogP contribution in [0.3, 0.4) is 0 Å². The van der Waals surface area contributed by atoms with Crippen LogP contribution in [0.2, 0.25) is 10.0 Å². The molecular formula is C22H18Cl2N6O2. The summed E-state index contributed by atoms with van der Waals surface area (Å²) in [7, 11) is 0. The van der Waals surface area contributed by atoms with Gasteiger partial charge in [0.25, 0.3) is 11.5 Å². The van der Waals surface area contributed by atoms with E-state index in [-0.39, 0.29) is 17.2 Å². The maximum Gasteiger partial charge on any atom is 0.297 e. The average Bonchev–Trinajstić information content (AvgIpc) is 3.10. The quantitative estimate of drug-likeness (QED) is 0.415. The predicted molar refractivity (Wildman–Crippen MR) is 124 cm³/mol. The van der Waals surface area contributed by atoms with Gasteiger partial charge in [-0.2, -0.15) is 4.68 Å². The molecule has 4 N–H and O–H groups in total.